The summed E-state index contributed by atoms with van der Waals surface area (Å²) in [4.78, 5) is 2.67. The molecule has 0 bridgehead atoms. The number of unbranched alkanes of at least 4 members (excludes halogenated alkanes) is 6. The van der Waals surface area contributed by atoms with Crippen molar-refractivity contribution in [2.75, 3.05) is 4.90 Å². The second kappa shape index (κ2) is 19.2. The Balaban J connectivity index is 1.30. The second-order valence-electron chi connectivity index (χ2n) is 20.3. The lowest BCUT2D eigenvalue weighted by atomic mass is 9.70. The summed E-state index contributed by atoms with van der Waals surface area (Å²) in [7, 11) is 6.68. The van der Waals surface area contributed by atoms with E-state index in [2.05, 4.69) is 168 Å². The highest BCUT2D eigenvalue weighted by Gasteiger charge is 2.46. The van der Waals surface area contributed by atoms with Crippen molar-refractivity contribution in [1.82, 2.24) is 0 Å². The molecule has 334 valence electrons. The lowest BCUT2D eigenvalue weighted by molar-refractivity contribution is 0.414. The first-order chi connectivity index (χ1) is 31.8. The SMILES string of the molecule is [B]c1ccc2c(c1)C(CCCC)(CCCC)c1cc(N(c3ccc4c(c3)C(CCCC)(CCCC)c3ccccc3-4)c3ccc4c(c3)C(CCCC)(CCCC)c3ccccc3-4)ccc1-2. The molecular formula is C63H74BN. The Morgan fingerprint density at radius 1 is 0.323 bits per heavy atom. The van der Waals surface area contributed by atoms with Gasteiger partial charge in [0, 0.05) is 33.3 Å². The highest BCUT2D eigenvalue weighted by Crippen LogP contribution is 2.59. The zero-order valence-corrected chi connectivity index (χ0v) is 40.8. The van der Waals surface area contributed by atoms with Gasteiger partial charge in [0.25, 0.3) is 0 Å². The van der Waals surface area contributed by atoms with Gasteiger partial charge in [-0.2, -0.15) is 0 Å². The number of fused-ring (bicyclic) bond motifs is 9. The molecule has 65 heavy (non-hydrogen) atoms. The van der Waals surface area contributed by atoms with E-state index >= 15 is 0 Å². The van der Waals surface area contributed by atoms with Crippen molar-refractivity contribution in [2.45, 2.75) is 173 Å². The van der Waals surface area contributed by atoms with E-state index in [1.165, 1.54) is 175 Å². The number of anilines is 3. The van der Waals surface area contributed by atoms with E-state index in [9.17, 15) is 0 Å². The van der Waals surface area contributed by atoms with E-state index in [0.29, 0.717) is 0 Å². The normalized spacial score (nSPS) is 15.2. The maximum atomic E-state index is 6.68. The summed E-state index contributed by atoms with van der Waals surface area (Å²) in [5.41, 5.74) is 22.2. The maximum absolute atomic E-state index is 6.68. The Bertz CT molecular complexity index is 2490. The largest absolute Gasteiger partial charge is 0.310 e. The third-order valence-electron chi connectivity index (χ3n) is 16.4. The molecule has 0 aliphatic heterocycles. The van der Waals surface area contributed by atoms with Crippen LogP contribution in [0.2, 0.25) is 0 Å². The molecule has 0 heterocycles. The van der Waals surface area contributed by atoms with Crippen LogP contribution in [0.1, 0.15) is 190 Å². The van der Waals surface area contributed by atoms with Gasteiger partial charge in [0.2, 0.25) is 0 Å². The van der Waals surface area contributed by atoms with Crippen molar-refractivity contribution in [3.63, 3.8) is 0 Å². The van der Waals surface area contributed by atoms with Crippen LogP contribution in [0.15, 0.2) is 121 Å². The minimum absolute atomic E-state index is 0.00360. The Morgan fingerprint density at radius 3 is 0.938 bits per heavy atom. The zero-order chi connectivity index (χ0) is 45.2. The molecule has 0 fully saturated rings. The fourth-order valence-corrected chi connectivity index (χ4v) is 13.1. The summed E-state index contributed by atoms with van der Waals surface area (Å²) < 4.78 is 0. The Labute approximate surface area is 394 Å². The monoisotopic (exact) mass is 856 g/mol. The van der Waals surface area contributed by atoms with Crippen molar-refractivity contribution in [1.29, 1.82) is 0 Å². The smallest absolute Gasteiger partial charge is 0.113 e. The van der Waals surface area contributed by atoms with Crippen LogP contribution in [-0.2, 0) is 16.2 Å². The summed E-state index contributed by atoms with van der Waals surface area (Å²) in [5.74, 6) is 0. The van der Waals surface area contributed by atoms with Crippen molar-refractivity contribution in [3.05, 3.63) is 155 Å². The quantitative estimate of drug-likeness (QED) is 0.0652. The first-order valence-electron chi connectivity index (χ1n) is 26.2. The molecule has 2 radical (unpaired) electrons. The highest BCUT2D eigenvalue weighted by atomic mass is 15.1. The average Bonchev–Trinajstić information content (AvgIpc) is 3.88. The van der Waals surface area contributed by atoms with Crippen LogP contribution in [0.4, 0.5) is 17.1 Å². The van der Waals surface area contributed by atoms with E-state index in [1.54, 1.807) is 11.1 Å². The molecule has 0 aromatic heterocycles. The summed E-state index contributed by atoms with van der Waals surface area (Å²) >= 11 is 0. The molecule has 0 unspecified atom stereocenters. The number of nitrogens with zero attached hydrogens (tertiary/aromatic N) is 1. The minimum Gasteiger partial charge on any atom is -0.310 e. The van der Waals surface area contributed by atoms with E-state index in [4.69, 9.17) is 7.85 Å². The highest BCUT2D eigenvalue weighted by molar-refractivity contribution is 6.32. The standard InChI is InChI=1S/C63H74BN/c1-7-13-35-61(36-14-8-2)55-25-21-19-23-49(55)52-32-28-46(42-58(52)61)65(47-29-33-53-50-24-20-22-26-56(50)62(37-15-9-3,38-16-10-4)59(53)43-47)48-30-34-54-51-31-27-45(64)41-57(51)63(39-17-11-5,40-18-12-6)60(54)44-48/h19-34,41-44H,7-18,35-40H2,1-6H3. The number of hydrogen-bond donors (Lipinski definition) is 0. The second-order valence-corrected chi connectivity index (χ2v) is 20.3. The minimum atomic E-state index is -0.0716. The fourth-order valence-electron chi connectivity index (χ4n) is 13.1. The number of hydrogen-bond acceptors (Lipinski definition) is 1. The van der Waals surface area contributed by atoms with E-state index < -0.39 is 0 Å². The van der Waals surface area contributed by atoms with E-state index in [-0.39, 0.29) is 16.2 Å². The van der Waals surface area contributed by atoms with Gasteiger partial charge < -0.3 is 4.90 Å². The third-order valence-corrected chi connectivity index (χ3v) is 16.4. The van der Waals surface area contributed by atoms with Gasteiger partial charge in [-0.1, -0.05) is 209 Å². The Kier molecular flexibility index (Phi) is 13.4. The lowest BCUT2D eigenvalue weighted by Crippen LogP contribution is -2.27. The van der Waals surface area contributed by atoms with Gasteiger partial charge in [-0.25, -0.2) is 0 Å². The summed E-state index contributed by atoms with van der Waals surface area (Å²) in [6.07, 6.45) is 21.5. The van der Waals surface area contributed by atoms with Crippen molar-refractivity contribution < 1.29 is 0 Å². The lowest BCUT2D eigenvalue weighted by Gasteiger charge is -2.36. The van der Waals surface area contributed by atoms with Crippen LogP contribution in [0.25, 0.3) is 33.4 Å². The molecule has 0 amide bonds. The van der Waals surface area contributed by atoms with Crippen LogP contribution in [0.3, 0.4) is 0 Å². The topological polar surface area (TPSA) is 3.24 Å². The zero-order valence-electron chi connectivity index (χ0n) is 40.8. The molecule has 6 aromatic carbocycles. The average molecular weight is 856 g/mol. The number of benzene rings is 6. The van der Waals surface area contributed by atoms with Crippen LogP contribution in [0.5, 0.6) is 0 Å². The molecular weight excluding hydrogens is 782 g/mol. The Morgan fingerprint density at radius 2 is 0.600 bits per heavy atom. The molecule has 0 saturated heterocycles. The maximum Gasteiger partial charge on any atom is 0.113 e. The molecule has 0 spiro atoms. The molecule has 1 nitrogen and oxygen atoms in total. The molecule has 3 aliphatic carbocycles. The van der Waals surface area contributed by atoms with Crippen LogP contribution in [-0.4, -0.2) is 7.85 Å². The van der Waals surface area contributed by atoms with Gasteiger partial charge in [-0.05, 0) is 142 Å². The van der Waals surface area contributed by atoms with Gasteiger partial charge >= 0.3 is 0 Å². The van der Waals surface area contributed by atoms with Gasteiger partial charge in [0.05, 0.1) is 0 Å². The molecule has 3 aliphatic rings. The van der Waals surface area contributed by atoms with Crippen LogP contribution < -0.4 is 10.4 Å². The van der Waals surface area contributed by atoms with Gasteiger partial charge in [-0.15, -0.1) is 0 Å². The van der Waals surface area contributed by atoms with Crippen LogP contribution >= 0.6 is 0 Å². The third kappa shape index (κ3) is 7.64. The first-order valence-corrected chi connectivity index (χ1v) is 26.2. The van der Waals surface area contributed by atoms with Gasteiger partial charge in [0.1, 0.15) is 7.85 Å². The molecule has 0 atom stereocenters. The van der Waals surface area contributed by atoms with Crippen molar-refractivity contribution in [2.24, 2.45) is 0 Å². The molecule has 0 N–H and O–H groups in total. The fraction of sp³-hybridized carbons (Fsp3) is 0.429. The molecule has 6 aromatic rings. The predicted octanol–water partition coefficient (Wildman–Crippen LogP) is 17.9. The van der Waals surface area contributed by atoms with Crippen LogP contribution in [0, 0.1) is 0 Å². The van der Waals surface area contributed by atoms with Gasteiger partial charge in [-0.3, -0.25) is 0 Å². The van der Waals surface area contributed by atoms with Crippen molar-refractivity contribution >= 4 is 30.4 Å². The van der Waals surface area contributed by atoms with Crippen molar-refractivity contribution in [3.8, 4) is 33.4 Å². The van der Waals surface area contributed by atoms with E-state index in [0.717, 1.165) is 18.3 Å². The van der Waals surface area contributed by atoms with E-state index in [1.807, 2.05) is 0 Å². The first kappa shape index (κ1) is 45.3. The predicted molar refractivity (Wildman–Crippen MR) is 282 cm³/mol. The molecule has 9 rings (SSSR count). The Hall–Kier alpha value is -4.82. The number of rotatable bonds is 21. The molecule has 0 saturated carbocycles. The van der Waals surface area contributed by atoms with Gasteiger partial charge in [0.15, 0.2) is 0 Å². The summed E-state index contributed by atoms with van der Waals surface area (Å²) in [5, 5.41) is 0. The summed E-state index contributed by atoms with van der Waals surface area (Å²) in [6, 6.07) is 48.3. The summed E-state index contributed by atoms with van der Waals surface area (Å²) in [6.45, 7) is 14.2. The molecule has 2 heteroatoms.